The fourth-order valence-electron chi connectivity index (χ4n) is 1.80. The van der Waals surface area contributed by atoms with Crippen LogP contribution in [0.3, 0.4) is 0 Å². The molecule has 0 aliphatic heterocycles. The third kappa shape index (κ3) is 6.65. The molecular weight excluding hydrogens is 258 g/mol. The molecule has 1 unspecified atom stereocenters. The highest BCUT2D eigenvalue weighted by atomic mass is 16.6. The fraction of sp³-hybridized carbons (Fsp3) is 0.929. The standard InChI is InChI=1S/C14H31N3O3/c1-11(13(2,3)4)7-6-8-17-12(18)14(5,9-19-15)10-20-16/h11H,6-10,15-16H2,1-5H3,(H,17,18). The van der Waals surface area contributed by atoms with Crippen LogP contribution in [0.2, 0.25) is 0 Å². The summed E-state index contributed by atoms with van der Waals surface area (Å²) in [5.41, 5.74) is -0.571. The SMILES string of the molecule is CC(CCCNC(=O)C(C)(CON)CON)C(C)(C)C. The quantitative estimate of drug-likeness (QED) is 0.439. The normalized spacial score (nSPS) is 14.2. The molecule has 0 rings (SSSR count). The Bertz CT molecular complexity index is 284. The maximum absolute atomic E-state index is 12.1. The summed E-state index contributed by atoms with van der Waals surface area (Å²) in [5.74, 6) is 10.5. The summed E-state index contributed by atoms with van der Waals surface area (Å²) in [5, 5.41) is 2.89. The fourth-order valence-corrected chi connectivity index (χ4v) is 1.80. The van der Waals surface area contributed by atoms with E-state index in [9.17, 15) is 4.79 Å². The molecular formula is C14H31N3O3. The van der Waals surface area contributed by atoms with E-state index >= 15 is 0 Å². The third-order valence-corrected chi connectivity index (χ3v) is 3.93. The van der Waals surface area contributed by atoms with Crippen LogP contribution in [-0.2, 0) is 14.5 Å². The minimum Gasteiger partial charge on any atom is -0.355 e. The van der Waals surface area contributed by atoms with E-state index in [1.54, 1.807) is 6.92 Å². The van der Waals surface area contributed by atoms with Gasteiger partial charge in [0.15, 0.2) is 0 Å². The zero-order valence-corrected chi connectivity index (χ0v) is 13.5. The molecule has 0 bridgehead atoms. The van der Waals surface area contributed by atoms with Gasteiger partial charge >= 0.3 is 0 Å². The predicted molar refractivity (Wildman–Crippen MR) is 79.2 cm³/mol. The van der Waals surface area contributed by atoms with Crippen LogP contribution >= 0.6 is 0 Å². The number of rotatable bonds is 9. The van der Waals surface area contributed by atoms with Crippen LogP contribution < -0.4 is 17.1 Å². The Labute approximate surface area is 122 Å². The monoisotopic (exact) mass is 289 g/mol. The Hall–Kier alpha value is -0.690. The van der Waals surface area contributed by atoms with E-state index in [1.807, 2.05) is 0 Å². The predicted octanol–water partition coefficient (Wildman–Crippen LogP) is 1.35. The molecule has 0 aromatic heterocycles. The molecule has 6 heteroatoms. The molecule has 0 radical (unpaired) electrons. The molecule has 0 saturated carbocycles. The van der Waals surface area contributed by atoms with Gasteiger partial charge < -0.3 is 15.0 Å². The number of amides is 1. The molecule has 0 saturated heterocycles. The Morgan fingerprint density at radius 1 is 1.15 bits per heavy atom. The van der Waals surface area contributed by atoms with Gasteiger partial charge in [-0.3, -0.25) is 4.79 Å². The second kappa shape index (κ2) is 8.56. The van der Waals surface area contributed by atoms with Gasteiger partial charge in [-0.1, -0.05) is 27.7 Å². The Balaban J connectivity index is 4.14. The van der Waals surface area contributed by atoms with Crippen molar-refractivity contribution in [1.29, 1.82) is 0 Å². The van der Waals surface area contributed by atoms with Gasteiger partial charge in [0, 0.05) is 6.54 Å². The van der Waals surface area contributed by atoms with Crippen LogP contribution in [0.5, 0.6) is 0 Å². The molecule has 0 spiro atoms. The number of nitrogens with two attached hydrogens (primary N) is 2. The molecule has 0 aromatic carbocycles. The van der Waals surface area contributed by atoms with Gasteiger partial charge in [-0.2, -0.15) is 0 Å². The van der Waals surface area contributed by atoms with Crippen molar-refractivity contribution in [2.24, 2.45) is 28.5 Å². The molecule has 120 valence electrons. The highest BCUT2D eigenvalue weighted by molar-refractivity contribution is 5.82. The van der Waals surface area contributed by atoms with Crippen molar-refractivity contribution in [1.82, 2.24) is 5.32 Å². The average molecular weight is 289 g/mol. The topological polar surface area (TPSA) is 99.6 Å². The van der Waals surface area contributed by atoms with Crippen LogP contribution in [0, 0.1) is 16.7 Å². The third-order valence-electron chi connectivity index (χ3n) is 3.93. The highest BCUT2D eigenvalue weighted by Crippen LogP contribution is 2.28. The number of nitrogens with one attached hydrogen (secondary N) is 1. The lowest BCUT2D eigenvalue weighted by Gasteiger charge is -2.28. The van der Waals surface area contributed by atoms with E-state index in [0.29, 0.717) is 17.9 Å². The Morgan fingerprint density at radius 2 is 1.65 bits per heavy atom. The van der Waals surface area contributed by atoms with Gasteiger partial charge in [0.2, 0.25) is 5.91 Å². The highest BCUT2D eigenvalue weighted by Gasteiger charge is 2.34. The van der Waals surface area contributed by atoms with Crippen molar-refractivity contribution >= 4 is 5.91 Å². The largest absolute Gasteiger partial charge is 0.355 e. The molecule has 6 nitrogen and oxygen atoms in total. The van der Waals surface area contributed by atoms with Crippen molar-refractivity contribution in [3.8, 4) is 0 Å². The number of carbonyl (C=O) groups excluding carboxylic acids is 1. The summed E-state index contributed by atoms with van der Waals surface area (Å²) in [6.45, 7) is 11.4. The molecule has 1 atom stereocenters. The first-order valence-corrected chi connectivity index (χ1v) is 7.09. The van der Waals surface area contributed by atoms with Gasteiger partial charge in [0.05, 0.1) is 18.6 Å². The maximum Gasteiger partial charge on any atom is 0.230 e. The van der Waals surface area contributed by atoms with E-state index in [2.05, 4.69) is 42.7 Å². The zero-order valence-electron chi connectivity index (χ0n) is 13.5. The molecule has 1 amide bonds. The van der Waals surface area contributed by atoms with Crippen LogP contribution in [0.15, 0.2) is 0 Å². The van der Waals surface area contributed by atoms with Crippen molar-refractivity contribution in [3.05, 3.63) is 0 Å². The summed E-state index contributed by atoms with van der Waals surface area (Å²) in [6, 6.07) is 0. The van der Waals surface area contributed by atoms with Gasteiger partial charge in [-0.05, 0) is 31.1 Å². The van der Waals surface area contributed by atoms with Crippen molar-refractivity contribution in [2.75, 3.05) is 19.8 Å². The Morgan fingerprint density at radius 3 is 2.05 bits per heavy atom. The summed E-state index contributed by atoms with van der Waals surface area (Å²) in [4.78, 5) is 21.3. The Kier molecular flexibility index (Phi) is 8.27. The minimum absolute atomic E-state index is 0.0639. The molecule has 0 heterocycles. The van der Waals surface area contributed by atoms with E-state index in [0.717, 1.165) is 12.8 Å². The maximum atomic E-state index is 12.1. The van der Waals surface area contributed by atoms with Crippen LogP contribution in [0.1, 0.15) is 47.5 Å². The van der Waals surface area contributed by atoms with Crippen LogP contribution in [0.25, 0.3) is 0 Å². The molecule has 20 heavy (non-hydrogen) atoms. The molecule has 0 aromatic rings. The summed E-state index contributed by atoms with van der Waals surface area (Å²) < 4.78 is 0. The first kappa shape index (κ1) is 19.3. The molecule has 0 aliphatic rings. The second-order valence-corrected chi connectivity index (χ2v) is 6.85. The lowest BCUT2D eigenvalue weighted by Crippen LogP contribution is -2.46. The minimum atomic E-state index is -0.862. The molecule has 0 fully saturated rings. The van der Waals surface area contributed by atoms with Crippen molar-refractivity contribution in [2.45, 2.75) is 47.5 Å². The van der Waals surface area contributed by atoms with Gasteiger partial charge in [-0.15, -0.1) is 0 Å². The van der Waals surface area contributed by atoms with E-state index in [-0.39, 0.29) is 19.1 Å². The van der Waals surface area contributed by atoms with Gasteiger partial charge in [-0.25, -0.2) is 11.8 Å². The zero-order chi connectivity index (χ0) is 15.8. The summed E-state index contributed by atoms with van der Waals surface area (Å²) >= 11 is 0. The second-order valence-electron chi connectivity index (χ2n) is 6.85. The first-order valence-electron chi connectivity index (χ1n) is 7.09. The van der Waals surface area contributed by atoms with Crippen LogP contribution in [-0.4, -0.2) is 25.7 Å². The van der Waals surface area contributed by atoms with Crippen molar-refractivity contribution in [3.63, 3.8) is 0 Å². The van der Waals surface area contributed by atoms with E-state index in [1.165, 1.54) is 0 Å². The van der Waals surface area contributed by atoms with Gasteiger partial charge in [0.25, 0.3) is 0 Å². The number of hydrogen-bond donors (Lipinski definition) is 3. The summed E-state index contributed by atoms with van der Waals surface area (Å²) in [6.07, 6.45) is 2.01. The lowest BCUT2D eigenvalue weighted by atomic mass is 9.79. The number of carbonyl (C=O) groups is 1. The molecule has 5 N–H and O–H groups in total. The smallest absolute Gasteiger partial charge is 0.230 e. The molecule has 0 aliphatic carbocycles. The van der Waals surface area contributed by atoms with Gasteiger partial charge in [0.1, 0.15) is 0 Å². The first-order chi connectivity index (χ1) is 9.17. The summed E-state index contributed by atoms with van der Waals surface area (Å²) in [7, 11) is 0. The average Bonchev–Trinajstić information content (AvgIpc) is 2.33. The van der Waals surface area contributed by atoms with Crippen LogP contribution in [0.4, 0.5) is 0 Å². The lowest BCUT2D eigenvalue weighted by molar-refractivity contribution is -0.138. The van der Waals surface area contributed by atoms with Crippen molar-refractivity contribution < 1.29 is 14.5 Å². The van der Waals surface area contributed by atoms with E-state index in [4.69, 9.17) is 11.8 Å². The van der Waals surface area contributed by atoms with E-state index < -0.39 is 5.41 Å². The number of hydrogen-bond acceptors (Lipinski definition) is 5.